The molecule has 1 aromatic rings. The van der Waals surface area contributed by atoms with E-state index in [9.17, 15) is 27.1 Å². The second-order valence-corrected chi connectivity index (χ2v) is 6.98. The minimum Gasteiger partial charge on any atom is -0.480 e. The number of carboxylic acid groups (broad SMARTS) is 1. The first-order chi connectivity index (χ1) is 9.75. The largest absolute Gasteiger partial charge is 0.480 e. The number of hydrogen-bond acceptors (Lipinski definition) is 3. The lowest BCUT2D eigenvalue weighted by atomic mass is 9.94. The molecule has 1 aliphatic heterocycles. The van der Waals surface area contributed by atoms with Gasteiger partial charge in [0.15, 0.2) is 4.90 Å². The third-order valence-corrected chi connectivity index (χ3v) is 5.55. The quantitative estimate of drug-likeness (QED) is 0.922. The van der Waals surface area contributed by atoms with Gasteiger partial charge in [-0.25, -0.2) is 17.2 Å². The fourth-order valence-corrected chi connectivity index (χ4v) is 4.20. The van der Waals surface area contributed by atoms with Crippen LogP contribution in [0.25, 0.3) is 0 Å². The summed E-state index contributed by atoms with van der Waals surface area (Å²) in [5, 5.41) is 9.18. The topological polar surface area (TPSA) is 74.7 Å². The Hall–Kier alpha value is -1.54. The van der Waals surface area contributed by atoms with Gasteiger partial charge in [0.2, 0.25) is 10.0 Å². The Morgan fingerprint density at radius 3 is 2.43 bits per heavy atom. The summed E-state index contributed by atoms with van der Waals surface area (Å²) in [6, 6.07) is 1.41. The molecule has 116 valence electrons. The van der Waals surface area contributed by atoms with E-state index >= 15 is 0 Å². The molecule has 1 fully saturated rings. The van der Waals surface area contributed by atoms with Gasteiger partial charge in [0.25, 0.3) is 0 Å². The van der Waals surface area contributed by atoms with Crippen molar-refractivity contribution in [2.45, 2.75) is 30.7 Å². The van der Waals surface area contributed by atoms with Crippen molar-refractivity contribution < 1.29 is 27.1 Å². The number of piperidine rings is 1. The molecular weight excluding hydrogens is 304 g/mol. The van der Waals surface area contributed by atoms with Crippen LogP contribution in [-0.2, 0) is 14.8 Å². The number of nitrogens with zero attached hydrogens (tertiary/aromatic N) is 1. The summed E-state index contributed by atoms with van der Waals surface area (Å²) in [4.78, 5) is 10.2. The fraction of sp³-hybridized carbons (Fsp3) is 0.462. The molecule has 0 radical (unpaired) electrons. The molecular formula is C13H15F2NO4S. The number of rotatable bonds is 3. The second kappa shape index (κ2) is 5.69. The maximum Gasteiger partial charge on any atom is 0.322 e. The summed E-state index contributed by atoms with van der Waals surface area (Å²) in [5.41, 5.74) is 0. The molecule has 0 saturated carbocycles. The summed E-state index contributed by atoms with van der Waals surface area (Å²) < 4.78 is 53.0. The van der Waals surface area contributed by atoms with Gasteiger partial charge in [-0.05, 0) is 30.9 Å². The summed E-state index contributed by atoms with van der Waals surface area (Å²) >= 11 is 0. The van der Waals surface area contributed by atoms with Crippen LogP contribution in [0.4, 0.5) is 8.78 Å². The van der Waals surface area contributed by atoms with E-state index in [1.165, 1.54) is 0 Å². The zero-order valence-electron chi connectivity index (χ0n) is 11.3. The number of hydrogen-bond donors (Lipinski definition) is 1. The zero-order valence-corrected chi connectivity index (χ0v) is 12.1. The van der Waals surface area contributed by atoms with E-state index in [0.29, 0.717) is 10.7 Å². The minimum atomic E-state index is -4.54. The molecule has 2 unspecified atom stereocenters. The molecule has 1 heterocycles. The third kappa shape index (κ3) is 2.91. The van der Waals surface area contributed by atoms with E-state index in [-0.39, 0.29) is 18.9 Å². The molecule has 0 aromatic heterocycles. The van der Waals surface area contributed by atoms with Crippen LogP contribution < -0.4 is 0 Å². The van der Waals surface area contributed by atoms with Crippen LogP contribution in [0.1, 0.15) is 19.8 Å². The van der Waals surface area contributed by atoms with Crippen molar-refractivity contribution in [3.05, 3.63) is 29.8 Å². The van der Waals surface area contributed by atoms with Crippen LogP contribution >= 0.6 is 0 Å². The van der Waals surface area contributed by atoms with Gasteiger partial charge in [0, 0.05) is 6.54 Å². The second-order valence-electron chi connectivity index (χ2n) is 5.15. The highest BCUT2D eigenvalue weighted by Crippen LogP contribution is 2.30. The molecule has 21 heavy (non-hydrogen) atoms. The maximum absolute atomic E-state index is 13.7. The number of carbonyl (C=O) groups is 1. The van der Waals surface area contributed by atoms with E-state index in [2.05, 4.69) is 0 Å². The number of aliphatic carboxylic acids is 1. The standard InChI is InChI=1S/C13H15F2NO4S/c1-8-5-6-16(11(7-8)13(17)18)21(19,20)12-9(14)3-2-4-10(12)15/h2-4,8,11H,5-7H2,1H3,(H,17,18). The number of halogens is 2. The van der Waals surface area contributed by atoms with Crippen molar-refractivity contribution in [3.8, 4) is 0 Å². The van der Waals surface area contributed by atoms with Crippen LogP contribution in [0.15, 0.2) is 23.1 Å². The molecule has 0 spiro atoms. The molecule has 0 bridgehead atoms. The summed E-state index contributed by atoms with van der Waals surface area (Å²) in [7, 11) is -4.54. The lowest BCUT2D eigenvalue weighted by Gasteiger charge is -2.34. The average molecular weight is 319 g/mol. The van der Waals surface area contributed by atoms with Crippen LogP contribution in [0.2, 0.25) is 0 Å². The molecule has 1 saturated heterocycles. The van der Waals surface area contributed by atoms with Crippen molar-refractivity contribution in [1.82, 2.24) is 4.31 Å². The monoisotopic (exact) mass is 319 g/mol. The van der Waals surface area contributed by atoms with Gasteiger partial charge in [-0.1, -0.05) is 13.0 Å². The Kier molecular flexibility index (Phi) is 4.29. The van der Waals surface area contributed by atoms with Crippen LogP contribution in [-0.4, -0.2) is 36.4 Å². The third-order valence-electron chi connectivity index (χ3n) is 3.59. The summed E-state index contributed by atoms with van der Waals surface area (Å²) in [5.74, 6) is -3.74. The van der Waals surface area contributed by atoms with Gasteiger partial charge in [0.05, 0.1) is 0 Å². The lowest BCUT2D eigenvalue weighted by molar-refractivity contribution is -0.143. The van der Waals surface area contributed by atoms with Gasteiger partial charge < -0.3 is 5.11 Å². The molecule has 2 rings (SSSR count). The summed E-state index contributed by atoms with van der Waals surface area (Å²) in [6.07, 6.45) is 0.559. The first-order valence-electron chi connectivity index (χ1n) is 6.43. The van der Waals surface area contributed by atoms with E-state index in [4.69, 9.17) is 0 Å². The smallest absolute Gasteiger partial charge is 0.322 e. The average Bonchev–Trinajstić information content (AvgIpc) is 2.37. The van der Waals surface area contributed by atoms with Crippen molar-refractivity contribution in [1.29, 1.82) is 0 Å². The van der Waals surface area contributed by atoms with E-state index in [1.807, 2.05) is 6.92 Å². The van der Waals surface area contributed by atoms with Gasteiger partial charge in [-0.3, -0.25) is 4.79 Å². The Morgan fingerprint density at radius 2 is 1.90 bits per heavy atom. The van der Waals surface area contributed by atoms with Crippen molar-refractivity contribution in [3.63, 3.8) is 0 Å². The normalized spacial score (nSPS) is 24.0. The van der Waals surface area contributed by atoms with Gasteiger partial charge in [-0.2, -0.15) is 4.31 Å². The van der Waals surface area contributed by atoms with E-state index < -0.39 is 38.6 Å². The molecule has 1 N–H and O–H groups in total. The highest BCUT2D eigenvalue weighted by molar-refractivity contribution is 7.89. The Labute approximate surface area is 121 Å². The van der Waals surface area contributed by atoms with Crippen LogP contribution in [0.5, 0.6) is 0 Å². The van der Waals surface area contributed by atoms with Crippen molar-refractivity contribution >= 4 is 16.0 Å². The van der Waals surface area contributed by atoms with Gasteiger partial charge in [0.1, 0.15) is 17.7 Å². The molecule has 8 heteroatoms. The molecule has 1 aliphatic rings. The number of sulfonamides is 1. The highest BCUT2D eigenvalue weighted by Gasteiger charge is 2.41. The first kappa shape index (κ1) is 15.8. The van der Waals surface area contributed by atoms with Crippen LogP contribution in [0.3, 0.4) is 0 Å². The highest BCUT2D eigenvalue weighted by atomic mass is 32.2. The van der Waals surface area contributed by atoms with E-state index in [0.717, 1.165) is 18.2 Å². The molecule has 0 amide bonds. The van der Waals surface area contributed by atoms with Crippen molar-refractivity contribution in [2.75, 3.05) is 6.54 Å². The molecule has 1 aromatic carbocycles. The summed E-state index contributed by atoms with van der Waals surface area (Å²) in [6.45, 7) is 1.73. The Balaban J connectivity index is 2.50. The number of carboxylic acids is 1. The zero-order chi connectivity index (χ0) is 15.8. The molecule has 2 atom stereocenters. The molecule has 5 nitrogen and oxygen atoms in total. The van der Waals surface area contributed by atoms with Crippen molar-refractivity contribution in [2.24, 2.45) is 5.92 Å². The van der Waals surface area contributed by atoms with E-state index in [1.54, 1.807) is 0 Å². The Morgan fingerprint density at radius 1 is 1.33 bits per heavy atom. The maximum atomic E-state index is 13.7. The van der Waals surface area contributed by atoms with Crippen LogP contribution in [0, 0.1) is 17.6 Å². The lowest BCUT2D eigenvalue weighted by Crippen LogP contribution is -2.50. The predicted molar refractivity (Wildman–Crippen MR) is 70.1 cm³/mol. The Bertz CT molecular complexity index is 642. The minimum absolute atomic E-state index is 0.0306. The van der Waals surface area contributed by atoms with Gasteiger partial charge >= 0.3 is 5.97 Å². The fourth-order valence-electron chi connectivity index (χ4n) is 2.48. The predicted octanol–water partition coefficient (Wildman–Crippen LogP) is 1.84. The SMILES string of the molecule is CC1CCN(S(=O)(=O)c2c(F)cccc2F)C(C(=O)O)C1. The number of benzene rings is 1. The first-order valence-corrected chi connectivity index (χ1v) is 7.88. The van der Waals surface area contributed by atoms with Gasteiger partial charge in [-0.15, -0.1) is 0 Å². The molecule has 0 aliphatic carbocycles.